The number of nitrogens with zero attached hydrogens (tertiary/aromatic N) is 2. The van der Waals surface area contributed by atoms with E-state index in [1.54, 1.807) is 36.3 Å². The molecule has 0 radical (unpaired) electrons. The van der Waals surface area contributed by atoms with Gasteiger partial charge < -0.3 is 28.4 Å². The molecular formula is C26H27ClN2O6. The minimum absolute atomic E-state index is 0.116. The normalized spacial score (nSPS) is 12.0. The lowest BCUT2D eigenvalue weighted by molar-refractivity contribution is -0.133. The van der Waals surface area contributed by atoms with Crippen molar-refractivity contribution >= 4 is 23.4 Å². The van der Waals surface area contributed by atoms with Crippen molar-refractivity contribution in [2.24, 2.45) is 0 Å². The summed E-state index contributed by atoms with van der Waals surface area (Å²) in [4.78, 5) is 29.8. The van der Waals surface area contributed by atoms with Gasteiger partial charge in [0.2, 0.25) is 12.7 Å². The summed E-state index contributed by atoms with van der Waals surface area (Å²) in [5.41, 5.74) is 1.32. The van der Waals surface area contributed by atoms with Gasteiger partial charge in [-0.3, -0.25) is 9.59 Å². The quantitative estimate of drug-likeness (QED) is 0.415. The van der Waals surface area contributed by atoms with Crippen molar-refractivity contribution in [3.05, 3.63) is 82.3 Å². The van der Waals surface area contributed by atoms with E-state index in [4.69, 9.17) is 30.2 Å². The van der Waals surface area contributed by atoms with Crippen LogP contribution in [0.25, 0.3) is 0 Å². The van der Waals surface area contributed by atoms with Crippen LogP contribution in [0, 0.1) is 6.92 Å². The summed E-state index contributed by atoms with van der Waals surface area (Å²) in [5.74, 6) is 2.23. The number of furan rings is 1. The lowest BCUT2D eigenvalue weighted by Gasteiger charge is -2.27. The fraction of sp³-hybridized carbons (Fsp3) is 0.308. The molecule has 9 heteroatoms. The van der Waals surface area contributed by atoms with Gasteiger partial charge in [-0.15, -0.1) is 0 Å². The Kier molecular flexibility index (Phi) is 7.94. The zero-order valence-corrected chi connectivity index (χ0v) is 20.4. The average molecular weight is 499 g/mol. The van der Waals surface area contributed by atoms with E-state index in [0.29, 0.717) is 41.0 Å². The number of methoxy groups -OCH3 is 1. The molecule has 2 amide bonds. The van der Waals surface area contributed by atoms with Crippen LogP contribution in [0.2, 0.25) is 5.02 Å². The first kappa shape index (κ1) is 24.6. The predicted molar refractivity (Wildman–Crippen MR) is 129 cm³/mol. The third kappa shape index (κ3) is 6.35. The summed E-state index contributed by atoms with van der Waals surface area (Å²) in [7, 11) is 1.55. The van der Waals surface area contributed by atoms with Crippen LogP contribution in [0.4, 0.5) is 0 Å². The number of rotatable bonds is 10. The highest BCUT2D eigenvalue weighted by Gasteiger charge is 2.24. The van der Waals surface area contributed by atoms with Crippen molar-refractivity contribution < 1.29 is 28.2 Å². The summed E-state index contributed by atoms with van der Waals surface area (Å²) >= 11 is 5.97. The first-order valence-electron chi connectivity index (χ1n) is 11.2. The van der Waals surface area contributed by atoms with Gasteiger partial charge in [-0.05, 0) is 61.0 Å². The fourth-order valence-electron chi connectivity index (χ4n) is 3.74. The van der Waals surface area contributed by atoms with Crippen LogP contribution in [0.15, 0.2) is 59.0 Å². The van der Waals surface area contributed by atoms with Crippen molar-refractivity contribution in [2.45, 2.75) is 20.0 Å². The Morgan fingerprint density at radius 2 is 1.74 bits per heavy atom. The molecule has 1 aromatic heterocycles. The van der Waals surface area contributed by atoms with Crippen molar-refractivity contribution in [2.75, 3.05) is 33.6 Å². The second-order valence-corrected chi connectivity index (χ2v) is 8.61. The van der Waals surface area contributed by atoms with Gasteiger partial charge in [0.1, 0.15) is 18.1 Å². The van der Waals surface area contributed by atoms with Gasteiger partial charge in [-0.25, -0.2) is 0 Å². The molecule has 0 spiro atoms. The Balaban J connectivity index is 1.54. The summed E-state index contributed by atoms with van der Waals surface area (Å²) < 4.78 is 21.8. The molecule has 8 nitrogen and oxygen atoms in total. The molecule has 4 rings (SSSR count). The van der Waals surface area contributed by atoms with Gasteiger partial charge in [0, 0.05) is 30.8 Å². The molecule has 35 heavy (non-hydrogen) atoms. The monoisotopic (exact) mass is 498 g/mol. The SMILES string of the molecule is COCCN(CC(=O)N(Cc1ccc2c(c1)OCO2)Cc1ccc(C)o1)C(=O)c1ccc(Cl)cc1. The first-order chi connectivity index (χ1) is 16.9. The van der Waals surface area contributed by atoms with E-state index in [9.17, 15) is 9.59 Å². The molecule has 3 aromatic rings. The Morgan fingerprint density at radius 3 is 2.46 bits per heavy atom. The Bertz CT molecular complexity index is 1180. The summed E-state index contributed by atoms with van der Waals surface area (Å²) in [6.07, 6.45) is 0. The molecule has 0 N–H and O–H groups in total. The van der Waals surface area contributed by atoms with Crippen LogP contribution in [0.5, 0.6) is 11.5 Å². The van der Waals surface area contributed by atoms with E-state index in [0.717, 1.165) is 11.3 Å². The zero-order chi connectivity index (χ0) is 24.8. The number of halogens is 1. The van der Waals surface area contributed by atoms with Crippen molar-refractivity contribution in [1.82, 2.24) is 9.80 Å². The molecule has 2 heterocycles. The van der Waals surface area contributed by atoms with Gasteiger partial charge in [0.25, 0.3) is 5.91 Å². The van der Waals surface area contributed by atoms with Crippen LogP contribution in [-0.2, 0) is 22.6 Å². The van der Waals surface area contributed by atoms with E-state index in [-0.39, 0.29) is 38.2 Å². The maximum atomic E-state index is 13.5. The fourth-order valence-corrected chi connectivity index (χ4v) is 3.87. The number of amides is 2. The zero-order valence-electron chi connectivity index (χ0n) is 19.7. The maximum Gasteiger partial charge on any atom is 0.254 e. The molecule has 1 aliphatic rings. The van der Waals surface area contributed by atoms with Crippen molar-refractivity contribution in [3.63, 3.8) is 0 Å². The average Bonchev–Trinajstić information content (AvgIpc) is 3.49. The Labute approximate surface area is 208 Å². The molecule has 2 aromatic carbocycles. The molecule has 184 valence electrons. The lowest BCUT2D eigenvalue weighted by atomic mass is 10.1. The van der Waals surface area contributed by atoms with E-state index < -0.39 is 0 Å². The number of ether oxygens (including phenoxy) is 3. The van der Waals surface area contributed by atoms with Gasteiger partial charge >= 0.3 is 0 Å². The topological polar surface area (TPSA) is 81.5 Å². The van der Waals surface area contributed by atoms with E-state index in [2.05, 4.69) is 0 Å². The van der Waals surface area contributed by atoms with Gasteiger partial charge in [-0.2, -0.15) is 0 Å². The number of carbonyl (C=O) groups is 2. The van der Waals surface area contributed by atoms with Crippen LogP contribution < -0.4 is 9.47 Å². The van der Waals surface area contributed by atoms with Crippen LogP contribution in [0.3, 0.4) is 0 Å². The van der Waals surface area contributed by atoms with Crippen molar-refractivity contribution in [1.29, 1.82) is 0 Å². The molecular weight excluding hydrogens is 472 g/mol. The summed E-state index contributed by atoms with van der Waals surface area (Å²) in [5, 5.41) is 0.532. The molecule has 1 aliphatic heterocycles. The minimum atomic E-state index is -0.274. The highest BCUT2D eigenvalue weighted by molar-refractivity contribution is 6.30. The number of hydrogen-bond donors (Lipinski definition) is 0. The summed E-state index contributed by atoms with van der Waals surface area (Å²) in [6.45, 7) is 3.04. The molecule has 0 atom stereocenters. The second kappa shape index (κ2) is 11.3. The lowest BCUT2D eigenvalue weighted by Crippen LogP contribution is -2.43. The molecule has 0 fully saturated rings. The second-order valence-electron chi connectivity index (χ2n) is 8.18. The molecule has 0 bridgehead atoms. The maximum absolute atomic E-state index is 13.5. The van der Waals surface area contributed by atoms with E-state index in [1.807, 2.05) is 37.3 Å². The smallest absolute Gasteiger partial charge is 0.254 e. The highest BCUT2D eigenvalue weighted by atomic mass is 35.5. The number of carbonyl (C=O) groups excluding carboxylic acids is 2. The Morgan fingerprint density at radius 1 is 0.971 bits per heavy atom. The number of fused-ring (bicyclic) bond motifs is 1. The van der Waals surface area contributed by atoms with E-state index >= 15 is 0 Å². The van der Waals surface area contributed by atoms with Gasteiger partial charge in [0.05, 0.1) is 13.2 Å². The predicted octanol–water partition coefficient (Wildman–Crippen LogP) is 4.29. The minimum Gasteiger partial charge on any atom is -0.464 e. The van der Waals surface area contributed by atoms with Crippen LogP contribution in [0.1, 0.15) is 27.4 Å². The van der Waals surface area contributed by atoms with E-state index in [1.165, 1.54) is 4.90 Å². The van der Waals surface area contributed by atoms with Gasteiger partial charge in [0.15, 0.2) is 11.5 Å². The molecule has 0 unspecified atom stereocenters. The first-order valence-corrected chi connectivity index (χ1v) is 11.6. The standard InChI is InChI=1S/C26H27ClN2O6/c1-18-3-9-22(35-18)15-29(14-19-4-10-23-24(13-19)34-17-33-23)25(30)16-28(11-12-32-2)26(31)20-5-7-21(27)8-6-20/h3-10,13H,11-12,14-17H2,1-2H3. The Hall–Kier alpha value is -3.49. The molecule has 0 aliphatic carbocycles. The molecule has 0 saturated heterocycles. The van der Waals surface area contributed by atoms with Crippen LogP contribution in [-0.4, -0.2) is 55.2 Å². The van der Waals surface area contributed by atoms with Gasteiger partial charge in [-0.1, -0.05) is 17.7 Å². The number of hydrogen-bond acceptors (Lipinski definition) is 6. The van der Waals surface area contributed by atoms with Crippen molar-refractivity contribution in [3.8, 4) is 11.5 Å². The number of benzene rings is 2. The number of aryl methyl sites for hydroxylation is 1. The third-order valence-electron chi connectivity index (χ3n) is 5.58. The largest absolute Gasteiger partial charge is 0.464 e. The van der Waals surface area contributed by atoms with Crippen LogP contribution >= 0.6 is 11.6 Å². The highest BCUT2D eigenvalue weighted by Crippen LogP contribution is 2.33. The summed E-state index contributed by atoms with van der Waals surface area (Å²) in [6, 6.07) is 15.9. The molecule has 0 saturated carbocycles. The third-order valence-corrected chi connectivity index (χ3v) is 5.83.